The maximum absolute atomic E-state index is 10.6. The standard InChI is InChI=1S/C10H19NO2/c1-2-5-9(8-10(12)13)11-6-3-4-7-11/h9H,2-8H2,1H3,(H,12,13). The highest BCUT2D eigenvalue weighted by Crippen LogP contribution is 2.17. The number of nitrogens with zero attached hydrogens (tertiary/aromatic N) is 1. The van der Waals surface area contributed by atoms with Crippen LogP contribution in [-0.4, -0.2) is 35.1 Å². The second-order valence-electron chi connectivity index (χ2n) is 3.78. The van der Waals surface area contributed by atoms with Gasteiger partial charge < -0.3 is 5.11 Å². The zero-order valence-corrected chi connectivity index (χ0v) is 8.33. The van der Waals surface area contributed by atoms with Crippen molar-refractivity contribution in [3.05, 3.63) is 0 Å². The van der Waals surface area contributed by atoms with Crippen molar-refractivity contribution in [2.75, 3.05) is 13.1 Å². The number of hydrogen-bond donors (Lipinski definition) is 1. The van der Waals surface area contributed by atoms with Crippen LogP contribution in [0.1, 0.15) is 39.0 Å². The third-order valence-corrected chi connectivity index (χ3v) is 2.69. The lowest BCUT2D eigenvalue weighted by Gasteiger charge is -2.25. The first-order chi connectivity index (χ1) is 6.24. The van der Waals surface area contributed by atoms with Gasteiger partial charge in [0.25, 0.3) is 0 Å². The van der Waals surface area contributed by atoms with Crippen molar-refractivity contribution in [1.29, 1.82) is 0 Å². The Balaban J connectivity index is 2.39. The van der Waals surface area contributed by atoms with Gasteiger partial charge in [0.2, 0.25) is 0 Å². The van der Waals surface area contributed by atoms with Crippen molar-refractivity contribution in [2.24, 2.45) is 0 Å². The van der Waals surface area contributed by atoms with Gasteiger partial charge in [-0.3, -0.25) is 9.69 Å². The summed E-state index contributed by atoms with van der Waals surface area (Å²) in [5.74, 6) is -0.662. The van der Waals surface area contributed by atoms with Crippen LogP contribution in [0.5, 0.6) is 0 Å². The van der Waals surface area contributed by atoms with Crippen LogP contribution in [0.3, 0.4) is 0 Å². The number of aliphatic carboxylic acids is 1. The summed E-state index contributed by atoms with van der Waals surface area (Å²) in [6.45, 7) is 4.31. The highest BCUT2D eigenvalue weighted by atomic mass is 16.4. The Kier molecular flexibility index (Phi) is 4.22. The number of carboxylic acid groups (broad SMARTS) is 1. The topological polar surface area (TPSA) is 40.5 Å². The molecule has 3 nitrogen and oxygen atoms in total. The zero-order valence-electron chi connectivity index (χ0n) is 8.33. The molecule has 0 aromatic rings. The highest BCUT2D eigenvalue weighted by molar-refractivity contribution is 5.67. The molecule has 1 N–H and O–H groups in total. The number of carboxylic acids is 1. The molecule has 1 aliphatic rings. The summed E-state index contributed by atoms with van der Waals surface area (Å²) >= 11 is 0. The van der Waals surface area contributed by atoms with Crippen molar-refractivity contribution >= 4 is 5.97 Å². The van der Waals surface area contributed by atoms with Gasteiger partial charge in [-0.05, 0) is 32.4 Å². The molecule has 1 fully saturated rings. The molecule has 0 radical (unpaired) electrons. The number of hydrogen-bond acceptors (Lipinski definition) is 2. The SMILES string of the molecule is CCCC(CC(=O)O)N1CCCC1. The maximum atomic E-state index is 10.6. The molecule has 1 unspecified atom stereocenters. The van der Waals surface area contributed by atoms with E-state index in [-0.39, 0.29) is 6.04 Å². The van der Waals surface area contributed by atoms with Crippen LogP contribution < -0.4 is 0 Å². The van der Waals surface area contributed by atoms with Gasteiger partial charge in [-0.25, -0.2) is 0 Å². The Morgan fingerprint density at radius 2 is 2.08 bits per heavy atom. The Bertz CT molecular complexity index is 164. The second-order valence-corrected chi connectivity index (χ2v) is 3.78. The smallest absolute Gasteiger partial charge is 0.304 e. The first kappa shape index (κ1) is 10.5. The normalized spacial score (nSPS) is 20.4. The first-order valence-electron chi connectivity index (χ1n) is 5.20. The molecule has 1 saturated heterocycles. The number of rotatable bonds is 5. The molecule has 1 atom stereocenters. The van der Waals surface area contributed by atoms with E-state index in [1.54, 1.807) is 0 Å². The molecule has 1 aliphatic heterocycles. The third-order valence-electron chi connectivity index (χ3n) is 2.69. The molecule has 3 heteroatoms. The van der Waals surface area contributed by atoms with E-state index in [2.05, 4.69) is 11.8 Å². The predicted octanol–water partition coefficient (Wildman–Crippen LogP) is 1.73. The van der Waals surface area contributed by atoms with Gasteiger partial charge >= 0.3 is 5.97 Å². The monoisotopic (exact) mass is 185 g/mol. The van der Waals surface area contributed by atoms with E-state index < -0.39 is 5.97 Å². The molecule has 0 saturated carbocycles. The Labute approximate surface area is 79.7 Å². The van der Waals surface area contributed by atoms with Gasteiger partial charge in [0.05, 0.1) is 6.42 Å². The van der Waals surface area contributed by atoms with Crippen molar-refractivity contribution in [1.82, 2.24) is 4.90 Å². The van der Waals surface area contributed by atoms with Crippen LogP contribution in [0.15, 0.2) is 0 Å². The fourth-order valence-electron chi connectivity index (χ4n) is 2.06. The van der Waals surface area contributed by atoms with Crippen LogP contribution in [0.4, 0.5) is 0 Å². The van der Waals surface area contributed by atoms with E-state index in [9.17, 15) is 4.79 Å². The van der Waals surface area contributed by atoms with E-state index >= 15 is 0 Å². The molecular weight excluding hydrogens is 166 g/mol. The molecule has 0 bridgehead atoms. The summed E-state index contributed by atoms with van der Waals surface area (Å²) in [6.07, 6.45) is 4.88. The van der Waals surface area contributed by atoms with Crippen LogP contribution in [0, 0.1) is 0 Å². The highest BCUT2D eigenvalue weighted by Gasteiger charge is 2.22. The third kappa shape index (κ3) is 3.35. The van der Waals surface area contributed by atoms with Crippen molar-refractivity contribution < 1.29 is 9.90 Å². The van der Waals surface area contributed by atoms with E-state index in [4.69, 9.17) is 5.11 Å². The summed E-state index contributed by atoms with van der Waals surface area (Å²) in [7, 11) is 0. The number of carbonyl (C=O) groups is 1. The molecular formula is C10H19NO2. The predicted molar refractivity (Wildman–Crippen MR) is 51.8 cm³/mol. The summed E-state index contributed by atoms with van der Waals surface area (Å²) in [6, 6.07) is 0.282. The maximum Gasteiger partial charge on any atom is 0.304 e. The summed E-state index contributed by atoms with van der Waals surface area (Å²) in [5, 5.41) is 8.74. The fraction of sp³-hybridized carbons (Fsp3) is 0.900. The molecule has 1 rings (SSSR count). The molecule has 0 aromatic carbocycles. The minimum atomic E-state index is -0.662. The van der Waals surface area contributed by atoms with E-state index in [1.165, 1.54) is 12.8 Å². The lowest BCUT2D eigenvalue weighted by molar-refractivity contribution is -0.138. The average Bonchev–Trinajstić information content (AvgIpc) is 2.54. The van der Waals surface area contributed by atoms with Gasteiger partial charge in [-0.15, -0.1) is 0 Å². The molecule has 76 valence electrons. The van der Waals surface area contributed by atoms with E-state index in [0.717, 1.165) is 25.9 Å². The fourth-order valence-corrected chi connectivity index (χ4v) is 2.06. The van der Waals surface area contributed by atoms with E-state index in [0.29, 0.717) is 6.42 Å². The lowest BCUT2D eigenvalue weighted by Crippen LogP contribution is -2.34. The zero-order chi connectivity index (χ0) is 9.68. The molecule has 13 heavy (non-hydrogen) atoms. The molecule has 0 spiro atoms. The summed E-state index contributed by atoms with van der Waals surface area (Å²) in [4.78, 5) is 12.9. The van der Waals surface area contributed by atoms with Gasteiger partial charge in [0.1, 0.15) is 0 Å². The van der Waals surface area contributed by atoms with Gasteiger partial charge in [0.15, 0.2) is 0 Å². The van der Waals surface area contributed by atoms with Crippen LogP contribution >= 0.6 is 0 Å². The molecule has 1 heterocycles. The average molecular weight is 185 g/mol. The van der Waals surface area contributed by atoms with Crippen molar-refractivity contribution in [3.63, 3.8) is 0 Å². The Hall–Kier alpha value is -0.570. The molecule has 0 amide bonds. The van der Waals surface area contributed by atoms with E-state index in [1.807, 2.05) is 0 Å². The first-order valence-corrected chi connectivity index (χ1v) is 5.20. The van der Waals surface area contributed by atoms with Gasteiger partial charge in [0, 0.05) is 6.04 Å². The molecule has 0 aliphatic carbocycles. The second kappa shape index (κ2) is 5.22. The quantitative estimate of drug-likeness (QED) is 0.709. The molecule has 0 aromatic heterocycles. The summed E-state index contributed by atoms with van der Waals surface area (Å²) in [5.41, 5.74) is 0. The largest absolute Gasteiger partial charge is 0.481 e. The van der Waals surface area contributed by atoms with Gasteiger partial charge in [-0.1, -0.05) is 13.3 Å². The van der Waals surface area contributed by atoms with Crippen LogP contribution in [0.25, 0.3) is 0 Å². The summed E-state index contributed by atoms with van der Waals surface area (Å²) < 4.78 is 0. The lowest BCUT2D eigenvalue weighted by atomic mass is 10.1. The number of likely N-dealkylation sites (tertiary alicyclic amines) is 1. The van der Waals surface area contributed by atoms with Gasteiger partial charge in [-0.2, -0.15) is 0 Å². The minimum Gasteiger partial charge on any atom is -0.481 e. The Morgan fingerprint density at radius 3 is 2.54 bits per heavy atom. The Morgan fingerprint density at radius 1 is 1.46 bits per heavy atom. The van der Waals surface area contributed by atoms with Crippen LogP contribution in [-0.2, 0) is 4.79 Å². The minimum absolute atomic E-state index is 0.282. The van der Waals surface area contributed by atoms with Crippen molar-refractivity contribution in [3.8, 4) is 0 Å². The van der Waals surface area contributed by atoms with Crippen LogP contribution in [0.2, 0.25) is 0 Å². The van der Waals surface area contributed by atoms with Crippen molar-refractivity contribution in [2.45, 2.75) is 45.1 Å².